The van der Waals surface area contributed by atoms with Crippen LogP contribution in [0.5, 0.6) is 0 Å². The predicted octanol–water partition coefficient (Wildman–Crippen LogP) is 1.51. The normalized spacial score (nSPS) is 17.2. The summed E-state index contributed by atoms with van der Waals surface area (Å²) in [6, 6.07) is 0. The zero-order valence-corrected chi connectivity index (χ0v) is 11.2. The first-order valence-electron chi connectivity index (χ1n) is 6.12. The molecule has 1 aliphatic heterocycles. The van der Waals surface area contributed by atoms with E-state index in [0.29, 0.717) is 0 Å². The molecule has 1 saturated heterocycles. The van der Waals surface area contributed by atoms with Crippen molar-refractivity contribution >= 4 is 11.3 Å². The van der Waals surface area contributed by atoms with Gasteiger partial charge in [0.15, 0.2) is 0 Å². The van der Waals surface area contributed by atoms with Gasteiger partial charge in [-0.2, -0.15) is 0 Å². The van der Waals surface area contributed by atoms with Gasteiger partial charge in [-0.3, -0.25) is 4.90 Å². The Morgan fingerprint density at radius 1 is 1.39 bits per heavy atom. The van der Waals surface area contributed by atoms with E-state index in [-0.39, 0.29) is 0 Å². The predicted molar refractivity (Wildman–Crippen MR) is 70.5 cm³/mol. The van der Waals surface area contributed by atoms with Crippen LogP contribution in [-0.4, -0.2) is 41.2 Å². The largest absolute Gasteiger partial charge is 0.361 e. The molecule has 0 unspecified atom stereocenters. The fourth-order valence-corrected chi connectivity index (χ4v) is 3.12. The van der Waals surface area contributed by atoms with Crippen LogP contribution in [-0.2, 0) is 6.54 Å². The van der Waals surface area contributed by atoms with Crippen molar-refractivity contribution in [3.63, 3.8) is 0 Å². The van der Waals surface area contributed by atoms with Gasteiger partial charge in [0.1, 0.15) is 10.8 Å². The molecule has 3 heterocycles. The molecule has 96 valence electrons. The molecule has 0 aliphatic carbocycles. The molecule has 6 heteroatoms. The topological polar surface area (TPSA) is 54.2 Å². The molecule has 3 rings (SSSR count). The number of hydrogen-bond acceptors (Lipinski definition) is 6. The SMILES string of the molecule is Cc1oncc1-c1cnc(CN2CCNCC2)s1. The van der Waals surface area contributed by atoms with Crippen molar-refractivity contribution in [2.75, 3.05) is 26.2 Å². The Labute approximate surface area is 110 Å². The summed E-state index contributed by atoms with van der Waals surface area (Å²) in [5.41, 5.74) is 1.05. The Morgan fingerprint density at radius 3 is 2.94 bits per heavy atom. The first-order chi connectivity index (χ1) is 8.83. The van der Waals surface area contributed by atoms with Crippen LogP contribution >= 0.6 is 11.3 Å². The monoisotopic (exact) mass is 264 g/mol. The zero-order valence-electron chi connectivity index (χ0n) is 10.3. The lowest BCUT2D eigenvalue weighted by atomic mass is 10.2. The number of aromatic nitrogens is 2. The second-order valence-corrected chi connectivity index (χ2v) is 5.56. The molecule has 18 heavy (non-hydrogen) atoms. The van der Waals surface area contributed by atoms with Crippen LogP contribution in [0.1, 0.15) is 10.8 Å². The number of thiazole rings is 1. The van der Waals surface area contributed by atoms with Crippen LogP contribution in [0, 0.1) is 6.92 Å². The quantitative estimate of drug-likeness (QED) is 0.910. The number of nitrogens with one attached hydrogen (secondary N) is 1. The van der Waals surface area contributed by atoms with Gasteiger partial charge in [0.05, 0.1) is 23.2 Å². The van der Waals surface area contributed by atoms with E-state index in [1.165, 1.54) is 0 Å². The molecule has 2 aromatic rings. The third kappa shape index (κ3) is 2.45. The summed E-state index contributed by atoms with van der Waals surface area (Å²) in [7, 11) is 0. The van der Waals surface area contributed by atoms with Gasteiger partial charge in [-0.05, 0) is 6.92 Å². The highest BCUT2D eigenvalue weighted by Crippen LogP contribution is 2.29. The van der Waals surface area contributed by atoms with Crippen molar-refractivity contribution in [2.45, 2.75) is 13.5 Å². The van der Waals surface area contributed by atoms with Crippen LogP contribution < -0.4 is 5.32 Å². The first-order valence-corrected chi connectivity index (χ1v) is 6.94. The highest BCUT2D eigenvalue weighted by atomic mass is 32.1. The second kappa shape index (κ2) is 5.17. The Morgan fingerprint density at radius 2 is 2.22 bits per heavy atom. The molecule has 0 spiro atoms. The Kier molecular flexibility index (Phi) is 3.40. The maximum atomic E-state index is 5.09. The van der Waals surface area contributed by atoms with Gasteiger partial charge < -0.3 is 9.84 Å². The van der Waals surface area contributed by atoms with Gasteiger partial charge in [-0.1, -0.05) is 5.16 Å². The third-order valence-electron chi connectivity index (χ3n) is 3.14. The molecule has 0 saturated carbocycles. The van der Waals surface area contributed by atoms with Crippen LogP contribution in [0.15, 0.2) is 16.9 Å². The van der Waals surface area contributed by atoms with E-state index in [2.05, 4.69) is 20.4 Å². The standard InChI is InChI=1S/C12H16N4OS/c1-9-10(6-15-17-9)11-7-14-12(18-11)8-16-4-2-13-3-5-16/h6-7,13H,2-5,8H2,1H3. The number of rotatable bonds is 3. The molecule has 1 fully saturated rings. The van der Waals surface area contributed by atoms with Crippen LogP contribution in [0.25, 0.3) is 10.4 Å². The lowest BCUT2D eigenvalue weighted by Gasteiger charge is -2.26. The van der Waals surface area contributed by atoms with Gasteiger partial charge in [0, 0.05) is 32.4 Å². The lowest BCUT2D eigenvalue weighted by molar-refractivity contribution is 0.233. The second-order valence-electron chi connectivity index (χ2n) is 4.44. The molecule has 1 N–H and O–H groups in total. The van der Waals surface area contributed by atoms with Crippen LogP contribution in [0.3, 0.4) is 0 Å². The zero-order chi connectivity index (χ0) is 12.4. The Bertz CT molecular complexity index is 516. The maximum Gasteiger partial charge on any atom is 0.142 e. The first kappa shape index (κ1) is 11.8. The fourth-order valence-electron chi connectivity index (χ4n) is 2.10. The number of hydrogen-bond donors (Lipinski definition) is 1. The maximum absolute atomic E-state index is 5.09. The van der Waals surface area contributed by atoms with Crippen molar-refractivity contribution in [3.8, 4) is 10.4 Å². The van der Waals surface area contributed by atoms with Crippen molar-refractivity contribution in [1.82, 2.24) is 20.4 Å². The summed E-state index contributed by atoms with van der Waals surface area (Å²) >= 11 is 1.73. The average Bonchev–Trinajstić information content (AvgIpc) is 2.99. The Hall–Kier alpha value is -1.24. The molecule has 2 aromatic heterocycles. The van der Waals surface area contributed by atoms with E-state index >= 15 is 0 Å². The van der Waals surface area contributed by atoms with Crippen molar-refractivity contribution < 1.29 is 4.52 Å². The van der Waals surface area contributed by atoms with Gasteiger partial charge in [-0.25, -0.2) is 4.98 Å². The van der Waals surface area contributed by atoms with Crippen molar-refractivity contribution in [2.24, 2.45) is 0 Å². The molecule has 0 amide bonds. The van der Waals surface area contributed by atoms with E-state index in [0.717, 1.165) is 53.9 Å². The summed E-state index contributed by atoms with van der Waals surface area (Å²) in [5.74, 6) is 0.854. The van der Waals surface area contributed by atoms with Gasteiger partial charge >= 0.3 is 0 Å². The summed E-state index contributed by atoms with van der Waals surface area (Å²) < 4.78 is 5.09. The highest BCUT2D eigenvalue weighted by molar-refractivity contribution is 7.15. The smallest absolute Gasteiger partial charge is 0.142 e. The Balaban J connectivity index is 1.71. The van der Waals surface area contributed by atoms with E-state index in [1.807, 2.05) is 13.1 Å². The highest BCUT2D eigenvalue weighted by Gasteiger charge is 2.14. The summed E-state index contributed by atoms with van der Waals surface area (Å²) in [4.78, 5) is 8.06. The molecule has 5 nitrogen and oxygen atoms in total. The molecule has 0 bridgehead atoms. The molecule has 0 radical (unpaired) electrons. The fraction of sp³-hybridized carbons (Fsp3) is 0.500. The van der Waals surface area contributed by atoms with Gasteiger partial charge in [0.2, 0.25) is 0 Å². The van der Waals surface area contributed by atoms with E-state index in [9.17, 15) is 0 Å². The average molecular weight is 264 g/mol. The molecule has 0 atom stereocenters. The summed E-state index contributed by atoms with van der Waals surface area (Å²) in [6.07, 6.45) is 3.68. The molecule has 0 aromatic carbocycles. The molecular formula is C12H16N4OS. The van der Waals surface area contributed by atoms with Crippen LogP contribution in [0.2, 0.25) is 0 Å². The number of nitrogens with zero attached hydrogens (tertiary/aromatic N) is 3. The van der Waals surface area contributed by atoms with E-state index < -0.39 is 0 Å². The minimum Gasteiger partial charge on any atom is -0.361 e. The molecule has 1 aliphatic rings. The van der Waals surface area contributed by atoms with Gasteiger partial charge in [-0.15, -0.1) is 11.3 Å². The van der Waals surface area contributed by atoms with Crippen molar-refractivity contribution in [1.29, 1.82) is 0 Å². The summed E-state index contributed by atoms with van der Waals surface area (Å²) in [5, 5.41) is 8.32. The molecular weight excluding hydrogens is 248 g/mol. The lowest BCUT2D eigenvalue weighted by Crippen LogP contribution is -2.42. The van der Waals surface area contributed by atoms with E-state index in [4.69, 9.17) is 4.52 Å². The van der Waals surface area contributed by atoms with Gasteiger partial charge in [0.25, 0.3) is 0 Å². The number of aryl methyl sites for hydroxylation is 1. The summed E-state index contributed by atoms with van der Waals surface area (Å²) in [6.45, 7) is 7.21. The number of piperazine rings is 1. The van der Waals surface area contributed by atoms with E-state index in [1.54, 1.807) is 17.5 Å². The van der Waals surface area contributed by atoms with Crippen LogP contribution in [0.4, 0.5) is 0 Å². The minimum absolute atomic E-state index is 0.854. The third-order valence-corrected chi connectivity index (χ3v) is 4.15. The minimum atomic E-state index is 0.854. The van der Waals surface area contributed by atoms with Crippen molar-refractivity contribution in [3.05, 3.63) is 23.2 Å².